The molecule has 4 N–H and O–H groups in total. The molecule has 88 valence electrons. The minimum Gasteiger partial charge on any atom is -0.464 e. The zero-order chi connectivity index (χ0) is 12.1. The number of hydrogen-bond acceptors (Lipinski definition) is 4. The summed E-state index contributed by atoms with van der Waals surface area (Å²) in [5.41, 5.74) is 8.14. The molecule has 0 fully saturated rings. The first-order valence-electron chi connectivity index (χ1n) is 4.52. The number of ether oxygens (including phenoxy) is 1. The molecular formula is C9H16F2N2O2. The lowest BCUT2D eigenvalue weighted by molar-refractivity contribution is -0.153. The van der Waals surface area contributed by atoms with Gasteiger partial charge in [-0.05, 0) is 19.4 Å². The normalized spacial score (nSPS) is 16.3. The van der Waals surface area contributed by atoms with Crippen LogP contribution in [-0.2, 0) is 9.53 Å². The Morgan fingerprint density at radius 2 is 2.13 bits per heavy atom. The molecule has 0 radical (unpaired) electrons. The average molecular weight is 222 g/mol. The highest BCUT2D eigenvalue weighted by Crippen LogP contribution is 2.23. The number of esters is 1. The molecule has 0 amide bonds. The third-order valence-corrected chi connectivity index (χ3v) is 2.03. The van der Waals surface area contributed by atoms with E-state index in [0.29, 0.717) is 0 Å². The molecule has 1 unspecified atom stereocenters. The first-order valence-corrected chi connectivity index (χ1v) is 4.52. The Morgan fingerprint density at radius 1 is 1.60 bits per heavy atom. The van der Waals surface area contributed by atoms with Gasteiger partial charge in [-0.25, -0.2) is 13.6 Å². The average Bonchev–Trinajstić information content (AvgIpc) is 2.16. The van der Waals surface area contributed by atoms with Crippen LogP contribution in [0.1, 0.15) is 13.8 Å². The Morgan fingerprint density at radius 3 is 2.47 bits per heavy atom. The van der Waals surface area contributed by atoms with Gasteiger partial charge in [0.25, 0.3) is 6.43 Å². The highest BCUT2D eigenvalue weighted by atomic mass is 19.3. The van der Waals surface area contributed by atoms with Crippen molar-refractivity contribution in [1.82, 2.24) is 0 Å². The van der Waals surface area contributed by atoms with Crippen molar-refractivity contribution in [3.05, 3.63) is 11.6 Å². The molecule has 0 aliphatic rings. The molecule has 0 aliphatic heterocycles. The SMILES string of the molecule is CCOC(=O)C(N)(C(C)=CCN)C(F)F. The number of carbonyl (C=O) groups is 1. The van der Waals surface area contributed by atoms with Crippen LogP contribution in [0.15, 0.2) is 11.6 Å². The van der Waals surface area contributed by atoms with Gasteiger partial charge in [-0.2, -0.15) is 0 Å². The Kier molecular flexibility index (Phi) is 5.38. The summed E-state index contributed by atoms with van der Waals surface area (Å²) in [6.07, 6.45) is -1.75. The zero-order valence-corrected chi connectivity index (χ0v) is 8.80. The van der Waals surface area contributed by atoms with E-state index in [0.717, 1.165) is 0 Å². The maximum atomic E-state index is 12.7. The Labute approximate surface area is 87.3 Å². The molecule has 0 heterocycles. The van der Waals surface area contributed by atoms with Crippen LogP contribution >= 0.6 is 0 Å². The van der Waals surface area contributed by atoms with Crippen LogP contribution in [0, 0.1) is 0 Å². The van der Waals surface area contributed by atoms with Crippen molar-refractivity contribution in [3.8, 4) is 0 Å². The molecule has 0 aliphatic carbocycles. The lowest BCUT2D eigenvalue weighted by Crippen LogP contribution is -2.56. The van der Waals surface area contributed by atoms with Crippen LogP contribution in [0.3, 0.4) is 0 Å². The third kappa shape index (κ3) is 2.97. The van der Waals surface area contributed by atoms with E-state index in [4.69, 9.17) is 11.5 Å². The van der Waals surface area contributed by atoms with Gasteiger partial charge in [-0.1, -0.05) is 6.08 Å². The van der Waals surface area contributed by atoms with Gasteiger partial charge in [0.05, 0.1) is 6.61 Å². The van der Waals surface area contributed by atoms with E-state index < -0.39 is 17.9 Å². The van der Waals surface area contributed by atoms with E-state index in [1.165, 1.54) is 19.9 Å². The fourth-order valence-electron chi connectivity index (χ4n) is 1.02. The molecule has 0 aromatic heterocycles. The molecule has 15 heavy (non-hydrogen) atoms. The van der Waals surface area contributed by atoms with E-state index in [1.807, 2.05) is 0 Å². The molecule has 0 spiro atoms. The fourth-order valence-corrected chi connectivity index (χ4v) is 1.02. The van der Waals surface area contributed by atoms with Crippen LogP contribution < -0.4 is 11.5 Å². The summed E-state index contributed by atoms with van der Waals surface area (Å²) in [6.45, 7) is 2.89. The summed E-state index contributed by atoms with van der Waals surface area (Å²) in [7, 11) is 0. The second-order valence-corrected chi connectivity index (χ2v) is 3.01. The summed E-state index contributed by atoms with van der Waals surface area (Å²) < 4.78 is 30.0. The number of nitrogens with two attached hydrogens (primary N) is 2. The first kappa shape index (κ1) is 14.0. The van der Waals surface area contributed by atoms with Crippen molar-refractivity contribution in [2.75, 3.05) is 13.2 Å². The largest absolute Gasteiger partial charge is 0.464 e. The number of carbonyl (C=O) groups excluding carboxylic acids is 1. The van der Waals surface area contributed by atoms with Gasteiger partial charge in [-0.3, -0.25) is 0 Å². The van der Waals surface area contributed by atoms with Crippen LogP contribution in [-0.4, -0.2) is 31.1 Å². The molecule has 0 aromatic carbocycles. The summed E-state index contributed by atoms with van der Waals surface area (Å²) in [5.74, 6) is -1.14. The number of hydrogen-bond donors (Lipinski definition) is 2. The zero-order valence-electron chi connectivity index (χ0n) is 8.80. The van der Waals surface area contributed by atoms with E-state index in [-0.39, 0.29) is 18.7 Å². The Hall–Kier alpha value is -1.01. The maximum absolute atomic E-state index is 12.7. The number of rotatable bonds is 5. The minimum absolute atomic E-state index is 0.000405. The molecule has 4 nitrogen and oxygen atoms in total. The highest BCUT2D eigenvalue weighted by molar-refractivity contribution is 5.85. The van der Waals surface area contributed by atoms with Crippen molar-refractivity contribution in [1.29, 1.82) is 0 Å². The van der Waals surface area contributed by atoms with Gasteiger partial charge in [0.1, 0.15) is 0 Å². The number of alkyl halides is 2. The molecular weight excluding hydrogens is 206 g/mol. The van der Waals surface area contributed by atoms with Gasteiger partial charge in [-0.15, -0.1) is 0 Å². The van der Waals surface area contributed by atoms with Crippen molar-refractivity contribution in [3.63, 3.8) is 0 Å². The van der Waals surface area contributed by atoms with Gasteiger partial charge in [0.15, 0.2) is 5.54 Å². The van der Waals surface area contributed by atoms with Crippen molar-refractivity contribution in [2.24, 2.45) is 11.5 Å². The van der Waals surface area contributed by atoms with E-state index in [2.05, 4.69) is 4.74 Å². The first-order chi connectivity index (χ1) is 6.91. The predicted molar refractivity (Wildman–Crippen MR) is 52.4 cm³/mol. The second-order valence-electron chi connectivity index (χ2n) is 3.01. The molecule has 1 atom stereocenters. The summed E-state index contributed by atoms with van der Waals surface area (Å²) in [5, 5.41) is 0. The monoisotopic (exact) mass is 222 g/mol. The second kappa shape index (κ2) is 5.77. The van der Waals surface area contributed by atoms with Crippen LogP contribution in [0.25, 0.3) is 0 Å². The summed E-state index contributed by atoms with van der Waals surface area (Å²) in [4.78, 5) is 11.3. The Bertz CT molecular complexity index is 256. The third-order valence-electron chi connectivity index (χ3n) is 2.03. The fraction of sp³-hybridized carbons (Fsp3) is 0.667. The van der Waals surface area contributed by atoms with Crippen LogP contribution in [0.5, 0.6) is 0 Å². The smallest absolute Gasteiger partial charge is 0.336 e. The predicted octanol–water partition coefficient (Wildman–Crippen LogP) is 0.417. The molecule has 6 heteroatoms. The summed E-state index contributed by atoms with van der Waals surface area (Å²) >= 11 is 0. The molecule has 0 bridgehead atoms. The molecule has 0 rings (SSSR count). The van der Waals surface area contributed by atoms with Crippen LogP contribution in [0.4, 0.5) is 8.78 Å². The minimum atomic E-state index is -3.03. The standard InChI is InChI=1S/C9H16F2N2O2/c1-3-15-8(14)9(13,7(10)11)6(2)4-5-12/h4,7H,3,5,12-13H2,1-2H3. The topological polar surface area (TPSA) is 78.3 Å². The Balaban J connectivity index is 5.06. The van der Waals surface area contributed by atoms with E-state index in [1.54, 1.807) is 0 Å². The van der Waals surface area contributed by atoms with Crippen LogP contribution in [0.2, 0.25) is 0 Å². The van der Waals surface area contributed by atoms with E-state index in [9.17, 15) is 13.6 Å². The maximum Gasteiger partial charge on any atom is 0.336 e. The van der Waals surface area contributed by atoms with Crippen molar-refractivity contribution in [2.45, 2.75) is 25.8 Å². The number of halogens is 2. The van der Waals surface area contributed by atoms with Gasteiger partial charge in [0.2, 0.25) is 0 Å². The molecule has 0 saturated heterocycles. The van der Waals surface area contributed by atoms with E-state index >= 15 is 0 Å². The van der Waals surface area contributed by atoms with Gasteiger partial charge in [0, 0.05) is 6.54 Å². The lowest BCUT2D eigenvalue weighted by Gasteiger charge is -2.27. The molecule has 0 saturated carbocycles. The quantitative estimate of drug-likeness (QED) is 0.522. The van der Waals surface area contributed by atoms with Crippen molar-refractivity contribution < 1.29 is 18.3 Å². The molecule has 0 aromatic rings. The van der Waals surface area contributed by atoms with Gasteiger partial charge >= 0.3 is 5.97 Å². The van der Waals surface area contributed by atoms with Gasteiger partial charge < -0.3 is 16.2 Å². The highest BCUT2D eigenvalue weighted by Gasteiger charge is 2.46. The lowest BCUT2D eigenvalue weighted by atomic mass is 9.92. The van der Waals surface area contributed by atoms with Crippen molar-refractivity contribution >= 4 is 5.97 Å². The summed E-state index contributed by atoms with van der Waals surface area (Å²) in [6, 6.07) is 0.